The summed E-state index contributed by atoms with van der Waals surface area (Å²) < 4.78 is 7.40. The zero-order valence-corrected chi connectivity index (χ0v) is 14.1. The number of aliphatic hydroxyl groups is 1. The summed E-state index contributed by atoms with van der Waals surface area (Å²) in [7, 11) is 1.66. The van der Waals surface area contributed by atoms with E-state index in [0.29, 0.717) is 13.0 Å². The van der Waals surface area contributed by atoms with E-state index in [-0.39, 0.29) is 24.5 Å². The SMILES string of the molecule is CC[C@H](C)[C@H](CO)NC(=O)CCn1ccc2c(OC)cccc21. The van der Waals surface area contributed by atoms with Gasteiger partial charge in [0, 0.05) is 24.5 Å². The molecule has 0 aliphatic rings. The molecule has 5 nitrogen and oxygen atoms in total. The fraction of sp³-hybridized carbons (Fsp3) is 0.500. The number of amides is 1. The largest absolute Gasteiger partial charge is 0.496 e. The summed E-state index contributed by atoms with van der Waals surface area (Å²) >= 11 is 0. The number of nitrogens with one attached hydrogen (secondary N) is 1. The molecule has 1 aromatic carbocycles. The molecule has 2 N–H and O–H groups in total. The molecule has 0 aliphatic heterocycles. The Morgan fingerprint density at radius 2 is 2.17 bits per heavy atom. The minimum atomic E-state index is -0.172. The average Bonchev–Trinajstić information content (AvgIpc) is 3.00. The van der Waals surface area contributed by atoms with Crippen LogP contribution in [-0.4, -0.2) is 35.3 Å². The molecular formula is C18H26N2O3. The monoisotopic (exact) mass is 318 g/mol. The van der Waals surface area contributed by atoms with Gasteiger partial charge in [0.25, 0.3) is 0 Å². The van der Waals surface area contributed by atoms with Crippen molar-refractivity contribution in [2.24, 2.45) is 5.92 Å². The van der Waals surface area contributed by atoms with Gasteiger partial charge in [0.15, 0.2) is 0 Å². The quantitative estimate of drug-likeness (QED) is 0.786. The first-order valence-corrected chi connectivity index (χ1v) is 8.12. The summed E-state index contributed by atoms with van der Waals surface area (Å²) in [4.78, 5) is 12.1. The number of benzene rings is 1. The summed E-state index contributed by atoms with van der Waals surface area (Å²) in [6.07, 6.45) is 3.28. The van der Waals surface area contributed by atoms with Crippen molar-refractivity contribution in [1.82, 2.24) is 9.88 Å². The van der Waals surface area contributed by atoms with Crippen LogP contribution in [0.2, 0.25) is 0 Å². The number of rotatable bonds is 8. The van der Waals surface area contributed by atoms with Gasteiger partial charge in [0.2, 0.25) is 5.91 Å². The van der Waals surface area contributed by atoms with Crippen molar-refractivity contribution in [3.05, 3.63) is 30.5 Å². The normalized spacial score (nSPS) is 13.7. The molecule has 0 unspecified atom stereocenters. The van der Waals surface area contributed by atoms with E-state index in [9.17, 15) is 9.90 Å². The molecule has 0 spiro atoms. The fourth-order valence-corrected chi connectivity index (χ4v) is 2.72. The third-order valence-electron chi connectivity index (χ3n) is 4.45. The second-order valence-corrected chi connectivity index (χ2v) is 5.89. The fourth-order valence-electron chi connectivity index (χ4n) is 2.72. The van der Waals surface area contributed by atoms with Gasteiger partial charge in [-0.15, -0.1) is 0 Å². The highest BCUT2D eigenvalue weighted by Crippen LogP contribution is 2.26. The number of aliphatic hydroxyl groups excluding tert-OH is 1. The Bertz CT molecular complexity index is 651. The van der Waals surface area contributed by atoms with Crippen LogP contribution in [0.25, 0.3) is 10.9 Å². The second kappa shape index (κ2) is 8.02. The lowest BCUT2D eigenvalue weighted by Crippen LogP contribution is -2.42. The molecular weight excluding hydrogens is 292 g/mol. The number of carbonyl (C=O) groups excluding carboxylic acids is 1. The first kappa shape index (κ1) is 17.3. The van der Waals surface area contributed by atoms with E-state index in [2.05, 4.69) is 16.8 Å². The molecule has 0 bridgehead atoms. The van der Waals surface area contributed by atoms with Gasteiger partial charge >= 0.3 is 0 Å². The lowest BCUT2D eigenvalue weighted by molar-refractivity contribution is -0.122. The Labute approximate surface area is 137 Å². The smallest absolute Gasteiger partial charge is 0.222 e. The summed E-state index contributed by atoms with van der Waals surface area (Å²) in [5.74, 6) is 1.07. The van der Waals surface area contributed by atoms with Crippen LogP contribution in [0.1, 0.15) is 26.7 Å². The topological polar surface area (TPSA) is 63.5 Å². The minimum absolute atomic E-state index is 0.0234. The van der Waals surface area contributed by atoms with Crippen LogP contribution in [0, 0.1) is 5.92 Å². The average molecular weight is 318 g/mol. The Morgan fingerprint density at radius 3 is 2.83 bits per heavy atom. The second-order valence-electron chi connectivity index (χ2n) is 5.89. The maximum Gasteiger partial charge on any atom is 0.222 e. The van der Waals surface area contributed by atoms with Gasteiger partial charge in [-0.1, -0.05) is 26.3 Å². The van der Waals surface area contributed by atoms with Crippen LogP contribution in [0.15, 0.2) is 30.5 Å². The highest BCUT2D eigenvalue weighted by atomic mass is 16.5. The Hall–Kier alpha value is -2.01. The number of aryl methyl sites for hydroxylation is 1. The van der Waals surface area contributed by atoms with Gasteiger partial charge in [-0.2, -0.15) is 0 Å². The predicted molar refractivity (Wildman–Crippen MR) is 91.6 cm³/mol. The van der Waals surface area contributed by atoms with Crippen LogP contribution < -0.4 is 10.1 Å². The minimum Gasteiger partial charge on any atom is -0.496 e. The summed E-state index contributed by atoms with van der Waals surface area (Å²) in [6, 6.07) is 7.72. The van der Waals surface area contributed by atoms with E-state index in [1.165, 1.54) is 0 Å². The third kappa shape index (κ3) is 4.05. The molecule has 5 heteroatoms. The number of nitrogens with zero attached hydrogens (tertiary/aromatic N) is 1. The molecule has 0 saturated heterocycles. The number of aromatic nitrogens is 1. The maximum absolute atomic E-state index is 12.1. The van der Waals surface area contributed by atoms with Gasteiger partial charge in [0.1, 0.15) is 5.75 Å². The maximum atomic E-state index is 12.1. The lowest BCUT2D eigenvalue weighted by Gasteiger charge is -2.22. The van der Waals surface area contributed by atoms with Gasteiger partial charge in [-0.05, 0) is 24.1 Å². The molecule has 0 radical (unpaired) electrons. The Kier molecular flexibility index (Phi) is 6.04. The van der Waals surface area contributed by atoms with Crippen molar-refractivity contribution in [3.63, 3.8) is 0 Å². The van der Waals surface area contributed by atoms with Crippen molar-refractivity contribution < 1.29 is 14.6 Å². The molecule has 1 heterocycles. The van der Waals surface area contributed by atoms with Crippen LogP contribution >= 0.6 is 0 Å². The first-order chi connectivity index (χ1) is 11.1. The van der Waals surface area contributed by atoms with E-state index in [1.54, 1.807) is 7.11 Å². The van der Waals surface area contributed by atoms with E-state index < -0.39 is 0 Å². The molecule has 1 aromatic heterocycles. The van der Waals surface area contributed by atoms with E-state index in [4.69, 9.17) is 4.74 Å². The summed E-state index contributed by atoms with van der Waals surface area (Å²) in [5.41, 5.74) is 1.05. The highest BCUT2D eigenvalue weighted by molar-refractivity contribution is 5.86. The van der Waals surface area contributed by atoms with Gasteiger partial charge in [-0.25, -0.2) is 0 Å². The van der Waals surface area contributed by atoms with Gasteiger partial charge < -0.3 is 19.7 Å². The van der Waals surface area contributed by atoms with Gasteiger partial charge in [-0.3, -0.25) is 4.79 Å². The van der Waals surface area contributed by atoms with Gasteiger partial charge in [0.05, 0.1) is 25.3 Å². The predicted octanol–water partition coefficient (Wildman–Crippen LogP) is 2.56. The van der Waals surface area contributed by atoms with Crippen LogP contribution in [0.5, 0.6) is 5.75 Å². The van der Waals surface area contributed by atoms with Crippen molar-refractivity contribution in [3.8, 4) is 5.75 Å². The molecule has 2 rings (SSSR count). The number of carbonyl (C=O) groups is 1. The molecule has 0 aliphatic carbocycles. The van der Waals surface area contributed by atoms with Crippen molar-refractivity contribution in [2.75, 3.05) is 13.7 Å². The molecule has 23 heavy (non-hydrogen) atoms. The molecule has 126 valence electrons. The zero-order valence-electron chi connectivity index (χ0n) is 14.1. The lowest BCUT2D eigenvalue weighted by atomic mass is 10.00. The van der Waals surface area contributed by atoms with E-state index in [1.807, 2.05) is 37.4 Å². The number of hydrogen-bond acceptors (Lipinski definition) is 3. The first-order valence-electron chi connectivity index (χ1n) is 8.12. The summed E-state index contributed by atoms with van der Waals surface area (Å²) in [5, 5.41) is 13.4. The summed E-state index contributed by atoms with van der Waals surface area (Å²) in [6.45, 7) is 4.66. The highest BCUT2D eigenvalue weighted by Gasteiger charge is 2.17. The molecule has 0 fully saturated rings. The molecule has 2 atom stereocenters. The zero-order chi connectivity index (χ0) is 16.8. The van der Waals surface area contributed by atoms with Crippen LogP contribution in [-0.2, 0) is 11.3 Å². The number of methoxy groups -OCH3 is 1. The third-order valence-corrected chi connectivity index (χ3v) is 4.45. The van der Waals surface area contributed by atoms with Crippen molar-refractivity contribution >= 4 is 16.8 Å². The Morgan fingerprint density at radius 1 is 1.39 bits per heavy atom. The number of ether oxygens (including phenoxy) is 1. The standard InChI is InChI=1S/C18H26N2O3/c1-4-13(2)15(12-21)19-18(22)9-11-20-10-8-14-16(20)6-5-7-17(14)23-3/h5-8,10,13,15,21H,4,9,11-12H2,1-3H3,(H,19,22)/t13-,15-/m0/s1. The van der Waals surface area contributed by atoms with E-state index >= 15 is 0 Å². The van der Waals surface area contributed by atoms with Crippen LogP contribution in [0.3, 0.4) is 0 Å². The van der Waals surface area contributed by atoms with Crippen molar-refractivity contribution in [2.45, 2.75) is 39.3 Å². The number of hydrogen-bond donors (Lipinski definition) is 2. The van der Waals surface area contributed by atoms with Crippen LogP contribution in [0.4, 0.5) is 0 Å². The number of fused-ring (bicyclic) bond motifs is 1. The van der Waals surface area contributed by atoms with E-state index in [0.717, 1.165) is 23.1 Å². The molecule has 2 aromatic rings. The molecule has 0 saturated carbocycles. The van der Waals surface area contributed by atoms with Crippen molar-refractivity contribution in [1.29, 1.82) is 0 Å². The molecule has 1 amide bonds. The Balaban J connectivity index is 1.99.